The maximum Gasteiger partial charge on any atom is 0.238 e. The number of carbonyl (C=O) groups is 1. The van der Waals surface area contributed by atoms with Gasteiger partial charge in [0.1, 0.15) is 0 Å². The summed E-state index contributed by atoms with van der Waals surface area (Å²) >= 11 is 0. The predicted octanol–water partition coefficient (Wildman–Crippen LogP) is 3.19. The Labute approximate surface area is 157 Å². The van der Waals surface area contributed by atoms with Gasteiger partial charge in [-0.2, -0.15) is 4.31 Å². The molecule has 0 atom stereocenters. The van der Waals surface area contributed by atoms with Gasteiger partial charge < -0.3 is 4.90 Å². The largest absolute Gasteiger partial charge is 0.338 e. The highest BCUT2D eigenvalue weighted by molar-refractivity contribution is 7.88. The topological polar surface area (TPSA) is 57.7 Å². The molecular formula is C20H30N2O3S. The number of sulfonamides is 1. The molecule has 1 amide bonds. The number of hydrogen-bond donors (Lipinski definition) is 0. The van der Waals surface area contributed by atoms with E-state index < -0.39 is 10.0 Å². The van der Waals surface area contributed by atoms with Gasteiger partial charge in [-0.05, 0) is 44.6 Å². The lowest BCUT2D eigenvalue weighted by molar-refractivity contribution is -0.131. The Morgan fingerprint density at radius 3 is 2.46 bits per heavy atom. The number of rotatable bonds is 9. The van der Waals surface area contributed by atoms with Crippen molar-refractivity contribution >= 4 is 15.9 Å². The van der Waals surface area contributed by atoms with Crippen LogP contribution in [-0.2, 0) is 21.4 Å². The summed E-state index contributed by atoms with van der Waals surface area (Å²) in [6.07, 6.45) is 8.62. The minimum atomic E-state index is -3.42. The number of likely N-dealkylation sites (N-methyl/N-ethyl adjacent to an activating group) is 1. The zero-order valence-electron chi connectivity index (χ0n) is 15.9. The first-order chi connectivity index (χ1) is 12.4. The van der Waals surface area contributed by atoms with Crippen LogP contribution in [0.4, 0.5) is 0 Å². The zero-order valence-corrected chi connectivity index (χ0v) is 16.7. The molecule has 0 fully saturated rings. The molecule has 5 nitrogen and oxygen atoms in total. The van der Waals surface area contributed by atoms with Gasteiger partial charge in [0.05, 0.1) is 12.8 Å². The summed E-state index contributed by atoms with van der Waals surface area (Å²) in [4.78, 5) is 14.4. The molecule has 2 rings (SSSR count). The van der Waals surface area contributed by atoms with E-state index in [1.165, 1.54) is 29.0 Å². The third kappa shape index (κ3) is 6.57. The number of amides is 1. The first kappa shape index (κ1) is 20.6. The summed E-state index contributed by atoms with van der Waals surface area (Å²) in [5.41, 5.74) is 2.36. The molecule has 0 saturated carbocycles. The first-order valence-electron chi connectivity index (χ1n) is 9.35. The molecule has 0 spiro atoms. The fourth-order valence-electron chi connectivity index (χ4n) is 3.19. The summed E-state index contributed by atoms with van der Waals surface area (Å²) in [6.45, 7) is 3.25. The molecule has 1 aromatic carbocycles. The minimum Gasteiger partial charge on any atom is -0.338 e. The molecule has 0 unspecified atom stereocenters. The van der Waals surface area contributed by atoms with Crippen molar-refractivity contribution < 1.29 is 13.2 Å². The molecule has 0 bridgehead atoms. The molecule has 1 aliphatic carbocycles. The normalized spacial score (nSPS) is 15.0. The Bertz CT molecular complexity index is 714. The Morgan fingerprint density at radius 1 is 1.15 bits per heavy atom. The van der Waals surface area contributed by atoms with E-state index in [-0.39, 0.29) is 12.5 Å². The fourth-order valence-corrected chi connectivity index (χ4v) is 3.96. The average molecular weight is 379 g/mol. The Morgan fingerprint density at radius 2 is 1.88 bits per heavy atom. The molecule has 0 aromatic heterocycles. The predicted molar refractivity (Wildman–Crippen MR) is 105 cm³/mol. The summed E-state index contributed by atoms with van der Waals surface area (Å²) < 4.78 is 25.6. The van der Waals surface area contributed by atoms with E-state index in [1.54, 1.807) is 4.90 Å². The van der Waals surface area contributed by atoms with Gasteiger partial charge in [0.2, 0.25) is 15.9 Å². The smallest absolute Gasteiger partial charge is 0.238 e. The fraction of sp³-hybridized carbons (Fsp3) is 0.550. The van der Waals surface area contributed by atoms with Gasteiger partial charge in [0.15, 0.2) is 0 Å². The van der Waals surface area contributed by atoms with Crippen LogP contribution in [0.3, 0.4) is 0 Å². The van der Waals surface area contributed by atoms with Crippen LogP contribution < -0.4 is 0 Å². The van der Waals surface area contributed by atoms with Gasteiger partial charge in [-0.15, -0.1) is 0 Å². The monoisotopic (exact) mass is 378 g/mol. The summed E-state index contributed by atoms with van der Waals surface area (Å²) in [6, 6.07) is 9.76. The Hall–Kier alpha value is -1.66. The van der Waals surface area contributed by atoms with E-state index >= 15 is 0 Å². The highest BCUT2D eigenvalue weighted by Gasteiger charge is 2.23. The quantitative estimate of drug-likeness (QED) is 0.620. The highest BCUT2D eigenvalue weighted by atomic mass is 32.2. The molecule has 6 heteroatoms. The van der Waals surface area contributed by atoms with Crippen molar-refractivity contribution in [1.29, 1.82) is 0 Å². The molecule has 144 valence electrons. The van der Waals surface area contributed by atoms with Gasteiger partial charge in [-0.25, -0.2) is 8.42 Å². The molecule has 0 aliphatic heterocycles. The summed E-state index contributed by atoms with van der Waals surface area (Å²) in [5.74, 6) is -0.153. The van der Waals surface area contributed by atoms with Crippen LogP contribution in [-0.4, -0.2) is 49.4 Å². The van der Waals surface area contributed by atoms with E-state index in [4.69, 9.17) is 0 Å². The molecular weight excluding hydrogens is 348 g/mol. The maximum atomic E-state index is 12.7. The summed E-state index contributed by atoms with van der Waals surface area (Å²) in [7, 11) is -3.42. The van der Waals surface area contributed by atoms with Crippen molar-refractivity contribution in [2.75, 3.05) is 25.9 Å². The zero-order chi connectivity index (χ0) is 19.0. The van der Waals surface area contributed by atoms with Crippen LogP contribution in [0.5, 0.6) is 0 Å². The molecule has 1 aliphatic rings. The maximum absolute atomic E-state index is 12.7. The van der Waals surface area contributed by atoms with Crippen LogP contribution in [0.15, 0.2) is 42.0 Å². The number of hydrogen-bond acceptors (Lipinski definition) is 3. The molecule has 1 aromatic rings. The van der Waals surface area contributed by atoms with E-state index in [2.05, 4.69) is 6.08 Å². The van der Waals surface area contributed by atoms with Crippen LogP contribution in [0.1, 0.15) is 44.6 Å². The highest BCUT2D eigenvalue weighted by Crippen LogP contribution is 2.20. The Balaban J connectivity index is 1.99. The van der Waals surface area contributed by atoms with Crippen LogP contribution in [0.25, 0.3) is 0 Å². The van der Waals surface area contributed by atoms with Crippen molar-refractivity contribution in [3.05, 3.63) is 47.5 Å². The molecule has 0 heterocycles. The number of nitrogens with zero attached hydrogens (tertiary/aromatic N) is 2. The van der Waals surface area contributed by atoms with Gasteiger partial charge in [0.25, 0.3) is 0 Å². The Kier molecular flexibility index (Phi) is 7.85. The van der Waals surface area contributed by atoms with Crippen LogP contribution in [0, 0.1) is 0 Å². The number of allylic oxidation sites excluding steroid dienone is 1. The van der Waals surface area contributed by atoms with Crippen molar-refractivity contribution in [2.24, 2.45) is 0 Å². The minimum absolute atomic E-state index is 0.0905. The second kappa shape index (κ2) is 9.88. The van der Waals surface area contributed by atoms with Crippen molar-refractivity contribution in [1.82, 2.24) is 9.21 Å². The first-order valence-corrected chi connectivity index (χ1v) is 11.2. The second-order valence-electron chi connectivity index (χ2n) is 6.85. The molecule has 0 saturated heterocycles. The lowest BCUT2D eigenvalue weighted by Gasteiger charge is -2.26. The van der Waals surface area contributed by atoms with Crippen LogP contribution >= 0.6 is 0 Å². The van der Waals surface area contributed by atoms with Crippen molar-refractivity contribution in [2.45, 2.75) is 45.6 Å². The van der Waals surface area contributed by atoms with Crippen molar-refractivity contribution in [3.63, 3.8) is 0 Å². The van der Waals surface area contributed by atoms with Gasteiger partial charge in [-0.3, -0.25) is 4.79 Å². The lowest BCUT2D eigenvalue weighted by Crippen LogP contribution is -2.42. The average Bonchev–Trinajstić information content (AvgIpc) is 2.63. The third-order valence-electron chi connectivity index (χ3n) is 4.80. The van der Waals surface area contributed by atoms with E-state index in [0.717, 1.165) is 18.4 Å². The standard InChI is InChI=1S/C20H30N2O3S/c1-3-21(16-19-12-8-5-9-13-19)20(23)17-22(26(2,24)25)15-14-18-10-6-4-7-11-18/h5,8-10,12-13H,3-4,6-7,11,14-17H2,1-2H3. The second-order valence-corrected chi connectivity index (χ2v) is 8.83. The lowest BCUT2D eigenvalue weighted by atomic mass is 9.97. The van der Waals surface area contributed by atoms with Crippen molar-refractivity contribution in [3.8, 4) is 0 Å². The van der Waals surface area contributed by atoms with Crippen LogP contribution in [0.2, 0.25) is 0 Å². The van der Waals surface area contributed by atoms with E-state index in [9.17, 15) is 13.2 Å². The number of carbonyl (C=O) groups excluding carboxylic acids is 1. The molecule has 0 radical (unpaired) electrons. The third-order valence-corrected chi connectivity index (χ3v) is 6.05. The van der Waals surface area contributed by atoms with Gasteiger partial charge in [-0.1, -0.05) is 42.0 Å². The van der Waals surface area contributed by atoms with Gasteiger partial charge in [0, 0.05) is 19.6 Å². The summed E-state index contributed by atoms with van der Waals surface area (Å²) in [5, 5.41) is 0. The van der Waals surface area contributed by atoms with Gasteiger partial charge >= 0.3 is 0 Å². The molecule has 26 heavy (non-hydrogen) atoms. The number of benzene rings is 1. The van der Waals surface area contributed by atoms with E-state index in [0.29, 0.717) is 26.1 Å². The molecule has 0 N–H and O–H groups in total. The van der Waals surface area contributed by atoms with E-state index in [1.807, 2.05) is 37.3 Å². The SMILES string of the molecule is CCN(Cc1ccccc1)C(=O)CN(CCC1=CCCCC1)S(C)(=O)=O.